The minimum absolute atomic E-state index is 0.743. The fraction of sp³-hybridized carbons (Fsp3) is 0.182. The van der Waals surface area contributed by atoms with Crippen LogP contribution in [0.5, 0.6) is 5.75 Å². The minimum Gasteiger partial charge on any atom is -0.496 e. The molecule has 0 aliphatic rings. The lowest BCUT2D eigenvalue weighted by atomic mass is 10.2. The molecule has 0 aliphatic heterocycles. The summed E-state index contributed by atoms with van der Waals surface area (Å²) in [4.78, 5) is 0. The number of para-hydroxylation sites is 1. The molecular weight excluding hydrogens is 303 g/mol. The molecule has 0 bridgehead atoms. The molecular formula is C11H11IN2O. The Morgan fingerprint density at radius 2 is 2.13 bits per heavy atom. The Balaban J connectivity index is 2.23. The summed E-state index contributed by atoms with van der Waals surface area (Å²) in [6.07, 6.45) is 1.97. The maximum atomic E-state index is 5.28. The third kappa shape index (κ3) is 2.50. The highest BCUT2D eigenvalue weighted by Crippen LogP contribution is 2.18. The Morgan fingerprint density at radius 3 is 2.80 bits per heavy atom. The van der Waals surface area contributed by atoms with Crippen molar-refractivity contribution in [2.45, 2.75) is 6.54 Å². The predicted octanol–water partition coefficient (Wildman–Crippen LogP) is 2.54. The number of benzene rings is 1. The molecule has 0 saturated heterocycles. The molecule has 0 unspecified atom stereocenters. The van der Waals surface area contributed by atoms with E-state index in [4.69, 9.17) is 4.74 Å². The van der Waals surface area contributed by atoms with Crippen LogP contribution in [0.15, 0.2) is 36.5 Å². The molecule has 2 aromatic rings. The third-order valence-electron chi connectivity index (χ3n) is 2.13. The number of aromatic nitrogens is 2. The van der Waals surface area contributed by atoms with E-state index in [-0.39, 0.29) is 0 Å². The smallest absolute Gasteiger partial charge is 0.123 e. The number of nitrogens with zero attached hydrogens (tertiary/aromatic N) is 2. The first kappa shape index (κ1) is 10.5. The van der Waals surface area contributed by atoms with Crippen LogP contribution in [0.3, 0.4) is 0 Å². The van der Waals surface area contributed by atoms with Crippen molar-refractivity contribution in [1.82, 2.24) is 9.78 Å². The van der Waals surface area contributed by atoms with Crippen LogP contribution in [0.1, 0.15) is 5.56 Å². The Morgan fingerprint density at radius 1 is 1.33 bits per heavy atom. The van der Waals surface area contributed by atoms with Gasteiger partial charge in [-0.1, -0.05) is 18.2 Å². The SMILES string of the molecule is COc1ccccc1Cn1ccc(I)n1. The summed E-state index contributed by atoms with van der Waals surface area (Å²) < 4.78 is 8.19. The summed E-state index contributed by atoms with van der Waals surface area (Å²) >= 11 is 2.20. The van der Waals surface area contributed by atoms with Crippen molar-refractivity contribution in [1.29, 1.82) is 0 Å². The zero-order valence-electron chi connectivity index (χ0n) is 8.35. The Labute approximate surface area is 102 Å². The third-order valence-corrected chi connectivity index (χ3v) is 2.71. The van der Waals surface area contributed by atoms with E-state index < -0.39 is 0 Å². The molecule has 0 N–H and O–H groups in total. The van der Waals surface area contributed by atoms with Gasteiger partial charge in [-0.15, -0.1) is 0 Å². The highest BCUT2D eigenvalue weighted by Gasteiger charge is 2.02. The van der Waals surface area contributed by atoms with Crippen LogP contribution in [0.25, 0.3) is 0 Å². The van der Waals surface area contributed by atoms with Gasteiger partial charge < -0.3 is 4.74 Å². The van der Waals surface area contributed by atoms with E-state index in [1.54, 1.807) is 7.11 Å². The molecule has 0 saturated carbocycles. The fourth-order valence-corrected chi connectivity index (χ4v) is 1.87. The van der Waals surface area contributed by atoms with Crippen molar-refractivity contribution < 1.29 is 4.74 Å². The van der Waals surface area contributed by atoms with E-state index in [0.29, 0.717) is 0 Å². The zero-order chi connectivity index (χ0) is 10.7. The van der Waals surface area contributed by atoms with Gasteiger partial charge in [-0.2, -0.15) is 5.10 Å². The number of halogens is 1. The number of hydrogen-bond donors (Lipinski definition) is 0. The summed E-state index contributed by atoms with van der Waals surface area (Å²) in [5.41, 5.74) is 1.14. The lowest BCUT2D eigenvalue weighted by Gasteiger charge is -2.07. The lowest BCUT2D eigenvalue weighted by molar-refractivity contribution is 0.407. The quantitative estimate of drug-likeness (QED) is 0.814. The van der Waals surface area contributed by atoms with Crippen LogP contribution in [0.2, 0.25) is 0 Å². The minimum atomic E-state index is 0.743. The highest BCUT2D eigenvalue weighted by molar-refractivity contribution is 14.1. The molecule has 0 fully saturated rings. The molecule has 0 radical (unpaired) electrons. The predicted molar refractivity (Wildman–Crippen MR) is 67.0 cm³/mol. The normalized spacial score (nSPS) is 10.3. The van der Waals surface area contributed by atoms with Crippen LogP contribution in [0, 0.1) is 3.70 Å². The van der Waals surface area contributed by atoms with Gasteiger partial charge in [-0.3, -0.25) is 4.68 Å². The van der Waals surface area contributed by atoms with Gasteiger partial charge in [0.15, 0.2) is 0 Å². The molecule has 78 valence electrons. The van der Waals surface area contributed by atoms with Crippen LogP contribution in [-0.4, -0.2) is 16.9 Å². The van der Waals surface area contributed by atoms with Gasteiger partial charge in [0.1, 0.15) is 9.45 Å². The second-order valence-corrected chi connectivity index (χ2v) is 4.25. The van der Waals surface area contributed by atoms with E-state index in [0.717, 1.165) is 21.6 Å². The largest absolute Gasteiger partial charge is 0.496 e. The number of hydrogen-bond acceptors (Lipinski definition) is 2. The maximum Gasteiger partial charge on any atom is 0.123 e. The van der Waals surface area contributed by atoms with E-state index in [1.165, 1.54) is 0 Å². The van der Waals surface area contributed by atoms with E-state index in [1.807, 2.05) is 41.2 Å². The molecule has 0 atom stereocenters. The monoisotopic (exact) mass is 314 g/mol. The van der Waals surface area contributed by atoms with Gasteiger partial charge in [0.2, 0.25) is 0 Å². The maximum absolute atomic E-state index is 5.28. The zero-order valence-corrected chi connectivity index (χ0v) is 10.5. The molecule has 0 amide bonds. The topological polar surface area (TPSA) is 27.1 Å². The number of rotatable bonds is 3. The highest BCUT2D eigenvalue weighted by atomic mass is 127. The summed E-state index contributed by atoms with van der Waals surface area (Å²) in [7, 11) is 1.69. The summed E-state index contributed by atoms with van der Waals surface area (Å²) in [6.45, 7) is 0.743. The molecule has 3 nitrogen and oxygen atoms in total. The first-order chi connectivity index (χ1) is 7.29. The first-order valence-corrected chi connectivity index (χ1v) is 5.68. The Hall–Kier alpha value is -1.04. The van der Waals surface area contributed by atoms with Crippen molar-refractivity contribution in [3.63, 3.8) is 0 Å². The molecule has 0 aliphatic carbocycles. The standard InChI is InChI=1S/C11H11IN2O/c1-15-10-5-3-2-4-9(10)8-14-7-6-11(12)13-14/h2-7H,8H2,1H3. The van der Waals surface area contributed by atoms with Gasteiger partial charge >= 0.3 is 0 Å². The van der Waals surface area contributed by atoms with Gasteiger partial charge in [-0.25, -0.2) is 0 Å². The molecule has 0 spiro atoms. The summed E-state index contributed by atoms with van der Waals surface area (Å²) in [5.74, 6) is 0.906. The average molecular weight is 314 g/mol. The van der Waals surface area contributed by atoms with Gasteiger partial charge in [0.05, 0.1) is 13.7 Å². The van der Waals surface area contributed by atoms with Crippen molar-refractivity contribution in [3.8, 4) is 5.75 Å². The van der Waals surface area contributed by atoms with Crippen LogP contribution in [-0.2, 0) is 6.54 Å². The van der Waals surface area contributed by atoms with E-state index >= 15 is 0 Å². The van der Waals surface area contributed by atoms with E-state index in [2.05, 4.69) is 27.7 Å². The Bertz CT molecular complexity index is 453. The van der Waals surface area contributed by atoms with Crippen molar-refractivity contribution in [2.75, 3.05) is 7.11 Å². The van der Waals surface area contributed by atoms with E-state index in [9.17, 15) is 0 Å². The van der Waals surface area contributed by atoms with Crippen LogP contribution in [0.4, 0.5) is 0 Å². The van der Waals surface area contributed by atoms with Gasteiger partial charge in [0.25, 0.3) is 0 Å². The second kappa shape index (κ2) is 4.65. The molecule has 15 heavy (non-hydrogen) atoms. The van der Waals surface area contributed by atoms with Gasteiger partial charge in [-0.05, 0) is 34.7 Å². The van der Waals surface area contributed by atoms with Crippen molar-refractivity contribution in [2.24, 2.45) is 0 Å². The number of ether oxygens (including phenoxy) is 1. The van der Waals surface area contributed by atoms with Gasteiger partial charge in [0, 0.05) is 11.8 Å². The van der Waals surface area contributed by atoms with Crippen LogP contribution >= 0.6 is 22.6 Å². The van der Waals surface area contributed by atoms with Crippen LogP contribution < -0.4 is 4.74 Å². The molecule has 4 heteroatoms. The second-order valence-electron chi connectivity index (χ2n) is 3.15. The molecule has 1 aromatic heterocycles. The summed E-state index contributed by atoms with van der Waals surface area (Å²) in [6, 6.07) is 9.97. The average Bonchev–Trinajstić information content (AvgIpc) is 2.65. The van der Waals surface area contributed by atoms with Crippen molar-refractivity contribution in [3.05, 3.63) is 45.8 Å². The fourth-order valence-electron chi connectivity index (χ4n) is 1.43. The Kier molecular flexibility index (Phi) is 3.25. The molecule has 2 rings (SSSR count). The van der Waals surface area contributed by atoms with Crippen molar-refractivity contribution >= 4 is 22.6 Å². The molecule has 1 aromatic carbocycles. The lowest BCUT2D eigenvalue weighted by Crippen LogP contribution is -2.02. The number of methoxy groups -OCH3 is 1. The molecule has 1 heterocycles. The first-order valence-electron chi connectivity index (χ1n) is 4.60. The summed E-state index contributed by atoms with van der Waals surface area (Å²) in [5, 5.41) is 4.33.